The first-order valence-electron chi connectivity index (χ1n) is 8.42. The molecule has 1 heterocycles. The summed E-state index contributed by atoms with van der Waals surface area (Å²) in [4.78, 5) is 15.4. The first kappa shape index (κ1) is 20.8. The Morgan fingerprint density at radius 1 is 1.21 bits per heavy atom. The molecule has 152 valence electrons. The van der Waals surface area contributed by atoms with Crippen LogP contribution in [0.2, 0.25) is 0 Å². The molecule has 10 heteroatoms. The summed E-state index contributed by atoms with van der Waals surface area (Å²) in [7, 11) is 1.50. The van der Waals surface area contributed by atoms with Gasteiger partial charge >= 0.3 is 12.1 Å². The normalized spacial score (nSPS) is 11.4. The van der Waals surface area contributed by atoms with Gasteiger partial charge in [0, 0.05) is 33.3 Å². The monoisotopic (exact) mass is 469 g/mol. The minimum absolute atomic E-state index is 0.216. The van der Waals surface area contributed by atoms with E-state index in [2.05, 4.69) is 35.9 Å². The molecule has 0 atom stereocenters. The number of methoxy groups -OCH3 is 1. The van der Waals surface area contributed by atoms with Gasteiger partial charge in [0.05, 0.1) is 7.11 Å². The van der Waals surface area contributed by atoms with Crippen LogP contribution < -0.4 is 10.1 Å². The number of carbonyl (C=O) groups excluding carboxylic acids is 1. The lowest BCUT2D eigenvalue weighted by atomic mass is 9.99. The van der Waals surface area contributed by atoms with E-state index in [1.54, 1.807) is 37.3 Å². The molecule has 0 aliphatic rings. The average molecular weight is 470 g/mol. The molecule has 1 N–H and O–H groups in total. The molecule has 0 bridgehead atoms. The summed E-state index contributed by atoms with van der Waals surface area (Å²) in [5, 5.41) is 6.20. The molecule has 1 aromatic heterocycles. The Kier molecular flexibility index (Phi) is 5.92. The highest BCUT2D eigenvalue weighted by molar-refractivity contribution is 9.10. The molecule has 0 aliphatic heterocycles. The predicted molar refractivity (Wildman–Crippen MR) is 103 cm³/mol. The summed E-state index contributed by atoms with van der Waals surface area (Å²) in [5.74, 6) is -1.35. The first-order chi connectivity index (χ1) is 13.7. The summed E-state index contributed by atoms with van der Waals surface area (Å²) in [6, 6.07) is 9.93. The lowest BCUT2D eigenvalue weighted by Crippen LogP contribution is -2.10. The van der Waals surface area contributed by atoms with Crippen molar-refractivity contribution in [2.75, 3.05) is 12.4 Å². The van der Waals surface area contributed by atoms with Crippen molar-refractivity contribution in [2.45, 2.75) is 19.5 Å². The van der Waals surface area contributed by atoms with Crippen LogP contribution in [0.1, 0.15) is 19.2 Å². The first-order valence-corrected chi connectivity index (χ1v) is 9.21. The highest BCUT2D eigenvalue weighted by Crippen LogP contribution is 2.39. The van der Waals surface area contributed by atoms with Crippen molar-refractivity contribution in [3.8, 4) is 28.3 Å². The third-order valence-electron chi connectivity index (χ3n) is 3.99. The smallest absolute Gasteiger partial charge is 0.471 e. The van der Waals surface area contributed by atoms with Crippen molar-refractivity contribution in [2.24, 2.45) is 0 Å². The number of hydrogen-bond acceptors (Lipinski definition) is 5. The number of nitrogens with one attached hydrogen (secondary N) is 1. The highest BCUT2D eigenvalue weighted by atomic mass is 79.9. The molecule has 0 fully saturated rings. The van der Waals surface area contributed by atoms with Gasteiger partial charge in [-0.3, -0.25) is 4.79 Å². The number of nitrogens with zero attached hydrogens (tertiary/aromatic N) is 2. The number of carbonyl (C=O) groups is 1. The van der Waals surface area contributed by atoms with Crippen molar-refractivity contribution in [3.05, 3.63) is 46.8 Å². The fourth-order valence-corrected chi connectivity index (χ4v) is 2.96. The summed E-state index contributed by atoms with van der Waals surface area (Å²) < 4.78 is 48.8. The van der Waals surface area contributed by atoms with Crippen LogP contribution >= 0.6 is 15.9 Å². The van der Waals surface area contributed by atoms with Gasteiger partial charge < -0.3 is 14.6 Å². The molecule has 0 spiro atoms. The lowest BCUT2D eigenvalue weighted by molar-refractivity contribution is -0.159. The SMILES string of the molecule is CCC(=O)Nc1ccc(-c2noc(C(F)(F)F)n2)cc1-c1cc(Br)ccc1OC. The highest BCUT2D eigenvalue weighted by Gasteiger charge is 2.38. The Morgan fingerprint density at radius 3 is 2.59 bits per heavy atom. The Bertz CT molecular complexity index is 1050. The molecular formula is C19H15BrF3N3O3. The van der Waals surface area contributed by atoms with E-state index in [9.17, 15) is 18.0 Å². The van der Waals surface area contributed by atoms with Gasteiger partial charge in [-0.05, 0) is 36.4 Å². The quantitative estimate of drug-likeness (QED) is 0.530. The number of benzene rings is 2. The van der Waals surface area contributed by atoms with E-state index in [4.69, 9.17) is 4.74 Å². The van der Waals surface area contributed by atoms with Gasteiger partial charge in [0.25, 0.3) is 0 Å². The van der Waals surface area contributed by atoms with Gasteiger partial charge in [0.15, 0.2) is 0 Å². The van der Waals surface area contributed by atoms with E-state index in [1.807, 2.05) is 0 Å². The lowest BCUT2D eigenvalue weighted by Gasteiger charge is -2.15. The molecule has 0 radical (unpaired) electrons. The predicted octanol–water partition coefficient (Wildman–Crippen LogP) is 5.54. The molecule has 0 aliphatic carbocycles. The molecule has 0 saturated heterocycles. The zero-order valence-corrected chi connectivity index (χ0v) is 16.9. The number of ether oxygens (including phenoxy) is 1. The van der Waals surface area contributed by atoms with E-state index >= 15 is 0 Å². The van der Waals surface area contributed by atoms with E-state index < -0.39 is 12.1 Å². The van der Waals surface area contributed by atoms with Gasteiger partial charge in [-0.2, -0.15) is 18.2 Å². The molecule has 3 aromatic rings. The average Bonchev–Trinajstić information content (AvgIpc) is 3.19. The maximum atomic E-state index is 12.8. The number of amides is 1. The van der Waals surface area contributed by atoms with Gasteiger partial charge in [0.1, 0.15) is 5.75 Å². The molecule has 2 aromatic carbocycles. The van der Waals surface area contributed by atoms with Crippen molar-refractivity contribution >= 4 is 27.5 Å². The molecule has 29 heavy (non-hydrogen) atoms. The maximum Gasteiger partial charge on any atom is 0.471 e. The van der Waals surface area contributed by atoms with Gasteiger partial charge in [-0.15, -0.1) is 0 Å². The maximum absolute atomic E-state index is 12.8. The van der Waals surface area contributed by atoms with Crippen LogP contribution in [0.15, 0.2) is 45.4 Å². The van der Waals surface area contributed by atoms with Crippen LogP contribution in [-0.2, 0) is 11.0 Å². The second kappa shape index (κ2) is 8.24. The number of alkyl halides is 3. The summed E-state index contributed by atoms with van der Waals surface area (Å²) in [5.41, 5.74) is 1.91. The van der Waals surface area contributed by atoms with Crippen LogP contribution in [-0.4, -0.2) is 23.2 Å². The summed E-state index contributed by atoms with van der Waals surface area (Å²) in [6.07, 6.45) is -4.48. The summed E-state index contributed by atoms with van der Waals surface area (Å²) >= 11 is 3.39. The Balaban J connectivity index is 2.16. The number of aromatic nitrogens is 2. The van der Waals surface area contributed by atoms with Crippen molar-refractivity contribution in [1.82, 2.24) is 10.1 Å². The molecule has 3 rings (SSSR count). The van der Waals surface area contributed by atoms with E-state index in [1.165, 1.54) is 13.2 Å². The Hall–Kier alpha value is -2.88. The molecule has 0 saturated carbocycles. The Labute approximate surface area is 172 Å². The Morgan fingerprint density at radius 2 is 1.97 bits per heavy atom. The fourth-order valence-electron chi connectivity index (χ4n) is 2.60. The minimum atomic E-state index is -4.74. The van der Waals surface area contributed by atoms with Gasteiger partial charge in [-0.1, -0.05) is 28.0 Å². The van der Waals surface area contributed by atoms with E-state index in [0.29, 0.717) is 22.6 Å². The third kappa shape index (κ3) is 4.58. The number of rotatable bonds is 5. The van der Waals surface area contributed by atoms with Gasteiger partial charge in [0.2, 0.25) is 11.7 Å². The zero-order chi connectivity index (χ0) is 21.2. The van der Waals surface area contributed by atoms with Crippen LogP contribution in [0.5, 0.6) is 5.75 Å². The van der Waals surface area contributed by atoms with E-state index in [0.717, 1.165) is 4.47 Å². The second-order valence-corrected chi connectivity index (χ2v) is 6.84. The molecular weight excluding hydrogens is 455 g/mol. The van der Waals surface area contributed by atoms with Crippen LogP contribution in [0.25, 0.3) is 22.5 Å². The largest absolute Gasteiger partial charge is 0.496 e. The fraction of sp³-hybridized carbons (Fsp3) is 0.211. The standard InChI is InChI=1S/C19H15BrF3N3O3/c1-3-16(27)24-14-6-4-10(17-25-18(29-26-17)19(21,22)23)8-12(14)13-9-11(20)5-7-15(13)28-2/h4-9H,3H2,1-2H3,(H,24,27). The van der Waals surface area contributed by atoms with E-state index in [-0.39, 0.29) is 23.7 Å². The van der Waals surface area contributed by atoms with Crippen molar-refractivity contribution in [1.29, 1.82) is 0 Å². The number of halogens is 4. The molecule has 1 amide bonds. The number of anilines is 1. The van der Waals surface area contributed by atoms with Crippen molar-refractivity contribution in [3.63, 3.8) is 0 Å². The molecule has 0 unspecified atom stereocenters. The van der Waals surface area contributed by atoms with Crippen LogP contribution in [0.3, 0.4) is 0 Å². The van der Waals surface area contributed by atoms with Gasteiger partial charge in [-0.25, -0.2) is 0 Å². The van der Waals surface area contributed by atoms with Crippen LogP contribution in [0.4, 0.5) is 18.9 Å². The topological polar surface area (TPSA) is 77.3 Å². The number of hydrogen-bond donors (Lipinski definition) is 1. The zero-order valence-electron chi connectivity index (χ0n) is 15.3. The summed E-state index contributed by atoms with van der Waals surface area (Å²) in [6.45, 7) is 1.71. The van der Waals surface area contributed by atoms with Crippen molar-refractivity contribution < 1.29 is 27.2 Å². The second-order valence-electron chi connectivity index (χ2n) is 5.93. The van der Waals surface area contributed by atoms with Crippen LogP contribution in [0, 0.1) is 0 Å². The third-order valence-corrected chi connectivity index (χ3v) is 4.49. The minimum Gasteiger partial charge on any atom is -0.496 e. The molecule has 6 nitrogen and oxygen atoms in total.